The summed E-state index contributed by atoms with van der Waals surface area (Å²) >= 11 is 0. The molecule has 0 bridgehead atoms. The fraction of sp³-hybridized carbons (Fsp3) is 0.481. The van der Waals surface area contributed by atoms with E-state index in [4.69, 9.17) is 9.97 Å². The number of aromatic nitrogens is 4. The van der Waals surface area contributed by atoms with Crippen LogP contribution >= 0.6 is 17.2 Å². The molecule has 0 fully saturated rings. The van der Waals surface area contributed by atoms with Crippen molar-refractivity contribution in [2.75, 3.05) is 0 Å². The number of hydrogen-bond donors (Lipinski definition) is 0. The molecule has 1 atom stereocenters. The molecule has 1 unspecified atom stereocenters. The van der Waals surface area contributed by atoms with Crippen molar-refractivity contribution in [3.63, 3.8) is 0 Å². The summed E-state index contributed by atoms with van der Waals surface area (Å²) in [4.78, 5) is 18.2. The van der Waals surface area contributed by atoms with E-state index in [0.717, 1.165) is 17.0 Å². The summed E-state index contributed by atoms with van der Waals surface area (Å²) < 4.78 is 0. The van der Waals surface area contributed by atoms with Crippen molar-refractivity contribution in [1.82, 2.24) is 19.9 Å². The van der Waals surface area contributed by atoms with Crippen molar-refractivity contribution in [2.24, 2.45) is 10.8 Å². The second-order valence-electron chi connectivity index (χ2n) is 12.1. The molecule has 0 amide bonds. The van der Waals surface area contributed by atoms with E-state index in [9.17, 15) is 0 Å². The maximum Gasteiger partial charge on any atom is 0.0877 e. The van der Waals surface area contributed by atoms with Gasteiger partial charge in [-0.15, -0.1) is 9.24 Å². The quantitative estimate of drug-likeness (QED) is 0.320. The Morgan fingerprint density at radius 1 is 0.794 bits per heavy atom. The first-order chi connectivity index (χ1) is 15.7. The molecule has 182 valence electrons. The molecule has 0 saturated heterocycles. The van der Waals surface area contributed by atoms with Gasteiger partial charge < -0.3 is 0 Å². The largest absolute Gasteiger partial charge is 0.261 e. The van der Waals surface area contributed by atoms with Crippen molar-refractivity contribution < 1.29 is 0 Å². The Balaban J connectivity index is 2.28. The minimum Gasteiger partial charge on any atom is -0.261 e. The Morgan fingerprint density at radius 2 is 1.29 bits per heavy atom. The van der Waals surface area contributed by atoms with Crippen LogP contribution in [0.3, 0.4) is 0 Å². The van der Waals surface area contributed by atoms with E-state index in [1.54, 1.807) is 24.8 Å². The van der Waals surface area contributed by atoms with Crippen LogP contribution in [0.15, 0.2) is 55.4 Å². The minimum atomic E-state index is -1.50. The molecule has 0 saturated carbocycles. The number of hydrogen-bond acceptors (Lipinski definition) is 4. The number of rotatable bonds is 6. The highest BCUT2D eigenvalue weighted by Crippen LogP contribution is 2.59. The summed E-state index contributed by atoms with van der Waals surface area (Å²) in [5, 5.41) is 1.36. The molecule has 4 nitrogen and oxygen atoms in total. The molecular weight excluding hydrogens is 470 g/mol. The third kappa shape index (κ3) is 5.48. The number of nitrogens with zero attached hydrogens (tertiary/aromatic N) is 4. The van der Waals surface area contributed by atoms with Gasteiger partial charge in [0.2, 0.25) is 0 Å². The van der Waals surface area contributed by atoms with Crippen molar-refractivity contribution in [1.29, 1.82) is 0 Å². The molecule has 0 aliphatic heterocycles. The summed E-state index contributed by atoms with van der Waals surface area (Å²) in [6, 6.07) is 7.28. The average molecular weight is 511 g/mol. The first-order valence-electron chi connectivity index (χ1n) is 11.9. The Morgan fingerprint density at radius 3 is 1.68 bits per heavy atom. The van der Waals surface area contributed by atoms with E-state index in [2.05, 4.69) is 98.6 Å². The van der Waals surface area contributed by atoms with Gasteiger partial charge in [0.25, 0.3) is 0 Å². The maximum absolute atomic E-state index is 4.71. The van der Waals surface area contributed by atoms with Crippen molar-refractivity contribution in [3.8, 4) is 0 Å². The van der Waals surface area contributed by atoms with Gasteiger partial charge in [0.15, 0.2) is 0 Å². The van der Waals surface area contributed by atoms with Crippen LogP contribution in [0.5, 0.6) is 0 Å². The fourth-order valence-corrected chi connectivity index (χ4v) is 8.28. The Hall–Kier alpha value is -1.54. The van der Waals surface area contributed by atoms with Crippen LogP contribution in [0.2, 0.25) is 19.6 Å². The summed E-state index contributed by atoms with van der Waals surface area (Å²) in [5.41, 5.74) is 4.84. The SMILES string of the molecule is CC(C)(C)C(P)(c1ccc([Si](C)(C)C)cc1CP(c1cnccn1)c1cnccn1)C(C)(C)C. The molecule has 0 radical (unpaired) electrons. The lowest BCUT2D eigenvalue weighted by Gasteiger charge is -2.52. The molecule has 0 N–H and O–H groups in total. The zero-order chi connectivity index (χ0) is 25.4. The van der Waals surface area contributed by atoms with Gasteiger partial charge in [-0.1, -0.05) is 84.6 Å². The molecule has 0 aliphatic carbocycles. The minimum absolute atomic E-state index is 0.0349. The highest BCUT2D eigenvalue weighted by molar-refractivity contribution is 7.71. The zero-order valence-electron chi connectivity index (χ0n) is 22.2. The lowest BCUT2D eigenvalue weighted by atomic mass is 9.62. The monoisotopic (exact) mass is 510 g/mol. The van der Waals surface area contributed by atoms with Gasteiger partial charge in [0.05, 0.1) is 31.3 Å². The van der Waals surface area contributed by atoms with E-state index in [1.807, 2.05) is 12.4 Å². The highest BCUT2D eigenvalue weighted by atomic mass is 31.1. The molecule has 2 aromatic heterocycles. The smallest absolute Gasteiger partial charge is 0.0877 e. The molecular formula is C27H40N4P2Si. The third-order valence-electron chi connectivity index (χ3n) is 6.74. The predicted octanol–water partition coefficient (Wildman–Crippen LogP) is 5.61. The first kappa shape index (κ1) is 27.1. The van der Waals surface area contributed by atoms with Crippen LogP contribution in [0.1, 0.15) is 52.7 Å². The summed E-state index contributed by atoms with van der Waals surface area (Å²) in [6.45, 7) is 21.4. The zero-order valence-corrected chi connectivity index (χ0v) is 25.3. The van der Waals surface area contributed by atoms with E-state index in [-0.39, 0.29) is 16.0 Å². The molecule has 2 heterocycles. The van der Waals surface area contributed by atoms with Gasteiger partial charge in [0.1, 0.15) is 0 Å². The Labute approximate surface area is 210 Å². The number of benzene rings is 1. The highest BCUT2D eigenvalue weighted by Gasteiger charge is 2.49. The fourth-order valence-electron chi connectivity index (χ4n) is 4.82. The van der Waals surface area contributed by atoms with Crippen LogP contribution in [0.4, 0.5) is 0 Å². The molecule has 0 spiro atoms. The van der Waals surface area contributed by atoms with Crippen LogP contribution in [0, 0.1) is 10.8 Å². The molecule has 0 aliphatic rings. The van der Waals surface area contributed by atoms with E-state index in [0.29, 0.717) is 0 Å². The van der Waals surface area contributed by atoms with E-state index >= 15 is 0 Å². The van der Waals surface area contributed by atoms with Gasteiger partial charge in [-0.3, -0.25) is 19.9 Å². The van der Waals surface area contributed by atoms with Crippen LogP contribution in [-0.2, 0) is 11.3 Å². The summed E-state index contributed by atoms with van der Waals surface area (Å²) in [5.74, 6) is 0. The van der Waals surface area contributed by atoms with Gasteiger partial charge >= 0.3 is 0 Å². The Kier molecular flexibility index (Phi) is 7.83. The average Bonchev–Trinajstić information content (AvgIpc) is 2.76. The first-order valence-corrected chi connectivity index (χ1v) is 17.5. The van der Waals surface area contributed by atoms with Crippen molar-refractivity contribution in [3.05, 3.63) is 66.5 Å². The van der Waals surface area contributed by atoms with Crippen LogP contribution in [0.25, 0.3) is 0 Å². The standard InChI is InChI=1S/C27H40N4P2Si/c1-25(2,3)27(32,26(4,5)6)22-11-10-21(34(7,8)9)16-20(22)19-33(23-17-28-12-14-30-23)24-18-29-13-15-31-24/h10-18H,19,32H2,1-9H3. The van der Waals surface area contributed by atoms with E-state index in [1.165, 1.54) is 16.3 Å². The van der Waals surface area contributed by atoms with Gasteiger partial charge in [-0.25, -0.2) is 0 Å². The lowest BCUT2D eigenvalue weighted by molar-refractivity contribution is 0.139. The Bertz CT molecular complexity index is 1050. The molecule has 3 rings (SSSR count). The molecule has 1 aromatic carbocycles. The lowest BCUT2D eigenvalue weighted by Crippen LogP contribution is -2.46. The summed E-state index contributed by atoms with van der Waals surface area (Å²) in [7, 11) is 0.929. The normalized spacial score (nSPS) is 13.4. The predicted molar refractivity (Wildman–Crippen MR) is 154 cm³/mol. The van der Waals surface area contributed by atoms with Crippen molar-refractivity contribution >= 4 is 41.3 Å². The van der Waals surface area contributed by atoms with Crippen LogP contribution < -0.4 is 16.1 Å². The van der Waals surface area contributed by atoms with Gasteiger partial charge in [-0.05, 0) is 22.0 Å². The molecule has 3 aromatic rings. The van der Waals surface area contributed by atoms with Gasteiger partial charge in [-0.2, -0.15) is 0 Å². The second-order valence-corrected chi connectivity index (χ2v) is 20.2. The molecule has 7 heteroatoms. The van der Waals surface area contributed by atoms with Crippen molar-refractivity contribution in [2.45, 2.75) is 72.5 Å². The maximum atomic E-state index is 4.71. The molecule has 34 heavy (non-hydrogen) atoms. The van der Waals surface area contributed by atoms with Crippen LogP contribution in [-0.4, -0.2) is 28.0 Å². The van der Waals surface area contributed by atoms with Gasteiger partial charge in [0, 0.05) is 44.0 Å². The van der Waals surface area contributed by atoms with E-state index < -0.39 is 16.0 Å². The summed E-state index contributed by atoms with van der Waals surface area (Å²) in [6.07, 6.45) is 11.7. The topological polar surface area (TPSA) is 51.6 Å². The second kappa shape index (κ2) is 9.84. The third-order valence-corrected chi connectivity index (χ3v) is 13.1.